The molecule has 0 aromatic carbocycles. The summed E-state index contributed by atoms with van der Waals surface area (Å²) < 4.78 is 0. The van der Waals surface area contributed by atoms with Crippen LogP contribution in [0.2, 0.25) is 0 Å². The maximum atomic E-state index is 4.56. The lowest BCUT2D eigenvalue weighted by Crippen LogP contribution is -2.51. The van der Waals surface area contributed by atoms with Crippen molar-refractivity contribution in [2.75, 3.05) is 66.5 Å². The molecule has 24 heavy (non-hydrogen) atoms. The predicted molar refractivity (Wildman–Crippen MR) is 104 cm³/mol. The summed E-state index contributed by atoms with van der Waals surface area (Å²) in [7, 11) is 4.16. The van der Waals surface area contributed by atoms with Crippen LogP contribution < -0.4 is 5.32 Å². The summed E-state index contributed by atoms with van der Waals surface area (Å²) >= 11 is 0. The molecule has 0 aromatic heterocycles. The number of nitrogens with zero attached hydrogens (tertiary/aromatic N) is 4. The summed E-state index contributed by atoms with van der Waals surface area (Å²) in [5.41, 5.74) is 0.458. The van der Waals surface area contributed by atoms with Gasteiger partial charge in [0.2, 0.25) is 0 Å². The van der Waals surface area contributed by atoms with Gasteiger partial charge in [0.15, 0.2) is 5.96 Å². The van der Waals surface area contributed by atoms with E-state index >= 15 is 0 Å². The molecular formula is C19H39N5. The zero-order valence-corrected chi connectivity index (χ0v) is 16.5. The van der Waals surface area contributed by atoms with Crippen molar-refractivity contribution in [3.05, 3.63) is 0 Å². The molecule has 2 heterocycles. The molecule has 2 rings (SSSR count). The number of likely N-dealkylation sites (tertiary alicyclic amines) is 1. The third kappa shape index (κ3) is 5.92. The fraction of sp³-hybridized carbons (Fsp3) is 0.947. The van der Waals surface area contributed by atoms with Crippen molar-refractivity contribution < 1.29 is 0 Å². The Morgan fingerprint density at radius 1 is 1.12 bits per heavy atom. The van der Waals surface area contributed by atoms with Crippen molar-refractivity contribution in [3.8, 4) is 0 Å². The highest BCUT2D eigenvalue weighted by Gasteiger charge is 2.31. The van der Waals surface area contributed by atoms with Crippen LogP contribution in [-0.4, -0.2) is 87.1 Å². The van der Waals surface area contributed by atoms with E-state index in [4.69, 9.17) is 0 Å². The van der Waals surface area contributed by atoms with Crippen LogP contribution in [0.15, 0.2) is 4.99 Å². The van der Waals surface area contributed by atoms with E-state index < -0.39 is 0 Å². The second-order valence-electron chi connectivity index (χ2n) is 8.06. The topological polar surface area (TPSA) is 34.1 Å². The number of hydrogen-bond acceptors (Lipinski definition) is 3. The normalized spacial score (nSPS) is 28.0. The van der Waals surface area contributed by atoms with Crippen LogP contribution in [0.5, 0.6) is 0 Å². The third-order valence-corrected chi connectivity index (χ3v) is 5.67. The molecule has 1 N–H and O–H groups in total. The van der Waals surface area contributed by atoms with Gasteiger partial charge in [-0.15, -0.1) is 0 Å². The minimum Gasteiger partial charge on any atom is -0.355 e. The standard InChI is InChI=1S/C19H39N5/c1-5-8-19(2)9-6-13-24(17-19)18(20-3)21-10-14-23-12-7-11-22(4)15-16-23/h5-17H2,1-4H3,(H,20,21). The molecule has 1 atom stereocenters. The van der Waals surface area contributed by atoms with Crippen LogP contribution in [0.1, 0.15) is 46.0 Å². The number of aliphatic imine (C=N–C) groups is 1. The monoisotopic (exact) mass is 337 g/mol. The van der Waals surface area contributed by atoms with E-state index in [1.807, 2.05) is 7.05 Å². The smallest absolute Gasteiger partial charge is 0.193 e. The second-order valence-corrected chi connectivity index (χ2v) is 8.06. The molecular weight excluding hydrogens is 298 g/mol. The highest BCUT2D eigenvalue weighted by atomic mass is 15.3. The van der Waals surface area contributed by atoms with Gasteiger partial charge in [-0.3, -0.25) is 4.99 Å². The maximum absolute atomic E-state index is 4.56. The van der Waals surface area contributed by atoms with Crippen LogP contribution in [0.4, 0.5) is 0 Å². The van der Waals surface area contributed by atoms with Crippen molar-refractivity contribution in [1.29, 1.82) is 0 Å². The molecule has 2 fully saturated rings. The molecule has 5 nitrogen and oxygen atoms in total. The molecule has 0 aromatic rings. The van der Waals surface area contributed by atoms with Gasteiger partial charge in [0.1, 0.15) is 0 Å². The van der Waals surface area contributed by atoms with Gasteiger partial charge < -0.3 is 20.0 Å². The Kier molecular flexibility index (Phi) is 7.82. The first kappa shape index (κ1) is 19.5. The first-order chi connectivity index (χ1) is 11.6. The Morgan fingerprint density at radius 2 is 1.96 bits per heavy atom. The van der Waals surface area contributed by atoms with Crippen molar-refractivity contribution in [1.82, 2.24) is 20.0 Å². The summed E-state index contributed by atoms with van der Waals surface area (Å²) in [5.74, 6) is 1.10. The zero-order valence-electron chi connectivity index (χ0n) is 16.5. The Labute approximate surface area is 149 Å². The van der Waals surface area contributed by atoms with Crippen LogP contribution in [-0.2, 0) is 0 Å². The van der Waals surface area contributed by atoms with Crippen molar-refractivity contribution in [2.45, 2.75) is 46.0 Å². The largest absolute Gasteiger partial charge is 0.355 e. The lowest BCUT2D eigenvalue weighted by Gasteiger charge is -2.42. The number of rotatable bonds is 5. The molecule has 0 bridgehead atoms. The molecule has 5 heteroatoms. The average molecular weight is 338 g/mol. The molecule has 140 valence electrons. The van der Waals surface area contributed by atoms with Gasteiger partial charge in [-0.2, -0.15) is 0 Å². The predicted octanol–water partition coefficient (Wildman–Crippen LogP) is 2.10. The van der Waals surface area contributed by atoms with Crippen LogP contribution in [0.3, 0.4) is 0 Å². The van der Waals surface area contributed by atoms with Crippen molar-refractivity contribution >= 4 is 5.96 Å². The van der Waals surface area contributed by atoms with E-state index in [0.29, 0.717) is 5.41 Å². The maximum Gasteiger partial charge on any atom is 0.193 e. The first-order valence-corrected chi connectivity index (χ1v) is 9.93. The summed E-state index contributed by atoms with van der Waals surface area (Å²) in [5, 5.41) is 3.62. The zero-order chi connectivity index (χ0) is 17.4. The van der Waals surface area contributed by atoms with E-state index in [0.717, 1.165) is 32.1 Å². The third-order valence-electron chi connectivity index (χ3n) is 5.67. The average Bonchev–Trinajstić information content (AvgIpc) is 2.76. The molecule has 0 saturated carbocycles. The first-order valence-electron chi connectivity index (χ1n) is 9.93. The molecule has 2 aliphatic rings. The minimum atomic E-state index is 0.458. The highest BCUT2D eigenvalue weighted by molar-refractivity contribution is 5.80. The van der Waals surface area contributed by atoms with Gasteiger partial charge in [-0.05, 0) is 51.2 Å². The Balaban J connectivity index is 1.77. The van der Waals surface area contributed by atoms with E-state index in [9.17, 15) is 0 Å². The molecule has 0 amide bonds. The fourth-order valence-corrected chi connectivity index (χ4v) is 4.29. The van der Waals surface area contributed by atoms with Gasteiger partial charge in [0.25, 0.3) is 0 Å². The van der Waals surface area contributed by atoms with Gasteiger partial charge in [-0.25, -0.2) is 0 Å². The van der Waals surface area contributed by atoms with E-state index in [-0.39, 0.29) is 0 Å². The summed E-state index contributed by atoms with van der Waals surface area (Å²) in [6.07, 6.45) is 6.53. The minimum absolute atomic E-state index is 0.458. The number of guanidine groups is 1. The Bertz CT molecular complexity index is 393. The number of hydrogen-bond donors (Lipinski definition) is 1. The van der Waals surface area contributed by atoms with E-state index in [1.165, 1.54) is 58.3 Å². The molecule has 2 saturated heterocycles. The molecule has 0 radical (unpaired) electrons. The van der Waals surface area contributed by atoms with E-state index in [1.54, 1.807) is 0 Å². The van der Waals surface area contributed by atoms with Crippen molar-refractivity contribution in [2.24, 2.45) is 10.4 Å². The van der Waals surface area contributed by atoms with Gasteiger partial charge in [0.05, 0.1) is 0 Å². The Hall–Kier alpha value is -0.810. The lowest BCUT2D eigenvalue weighted by atomic mass is 9.78. The SMILES string of the molecule is CCCC1(C)CCCN(C(=NC)NCCN2CCCN(C)CC2)C1. The molecule has 0 aliphatic carbocycles. The summed E-state index contributed by atoms with van der Waals surface area (Å²) in [4.78, 5) is 12.1. The highest BCUT2D eigenvalue weighted by Crippen LogP contribution is 2.33. The van der Waals surface area contributed by atoms with Crippen LogP contribution >= 0.6 is 0 Å². The van der Waals surface area contributed by atoms with Crippen LogP contribution in [0, 0.1) is 5.41 Å². The number of nitrogens with one attached hydrogen (secondary N) is 1. The molecule has 0 spiro atoms. The fourth-order valence-electron chi connectivity index (χ4n) is 4.29. The quantitative estimate of drug-likeness (QED) is 0.615. The van der Waals surface area contributed by atoms with E-state index in [2.05, 4.69) is 45.9 Å². The van der Waals surface area contributed by atoms with Gasteiger partial charge in [0, 0.05) is 46.3 Å². The second kappa shape index (κ2) is 9.62. The van der Waals surface area contributed by atoms with Crippen molar-refractivity contribution in [3.63, 3.8) is 0 Å². The lowest BCUT2D eigenvalue weighted by molar-refractivity contribution is 0.142. The summed E-state index contributed by atoms with van der Waals surface area (Å²) in [6.45, 7) is 14.0. The number of piperidine rings is 1. The van der Waals surface area contributed by atoms with Crippen LogP contribution in [0.25, 0.3) is 0 Å². The Morgan fingerprint density at radius 3 is 2.71 bits per heavy atom. The summed E-state index contributed by atoms with van der Waals surface area (Å²) in [6, 6.07) is 0. The van der Waals surface area contributed by atoms with Gasteiger partial charge in [-0.1, -0.05) is 20.3 Å². The molecule has 2 aliphatic heterocycles. The number of likely N-dealkylation sites (N-methyl/N-ethyl adjacent to an activating group) is 1. The van der Waals surface area contributed by atoms with Gasteiger partial charge >= 0.3 is 0 Å². The molecule has 1 unspecified atom stereocenters.